The average Bonchev–Trinajstić information content (AvgIpc) is 3.36. The van der Waals surface area contributed by atoms with Gasteiger partial charge in [-0.3, -0.25) is 14.2 Å². The minimum Gasteiger partial charge on any atom is -0.756 e. The van der Waals surface area contributed by atoms with Crippen LogP contribution in [-0.4, -0.2) is 70.0 Å². The van der Waals surface area contributed by atoms with Crippen LogP contribution in [0.3, 0.4) is 0 Å². The molecule has 0 aliphatic carbocycles. The van der Waals surface area contributed by atoms with Gasteiger partial charge in [0.05, 0.1) is 27.7 Å². The monoisotopic (exact) mass is 1060 g/mol. The zero-order valence-corrected chi connectivity index (χ0v) is 50.2. The lowest BCUT2D eigenvalue weighted by atomic mass is 10.0. The zero-order valence-electron chi connectivity index (χ0n) is 49.3. The van der Waals surface area contributed by atoms with E-state index in [4.69, 9.17) is 18.5 Å². The topological polar surface area (TPSA) is 111 Å². The van der Waals surface area contributed by atoms with Crippen LogP contribution in [0.15, 0.2) is 48.6 Å². The van der Waals surface area contributed by atoms with Crippen molar-refractivity contribution >= 4 is 19.8 Å². The molecule has 0 spiro atoms. The van der Waals surface area contributed by atoms with Crippen molar-refractivity contribution in [3.63, 3.8) is 0 Å². The number of carbonyl (C=O) groups excluding carboxylic acids is 2. The first kappa shape index (κ1) is 72.0. The molecule has 2 unspecified atom stereocenters. The van der Waals surface area contributed by atoms with Gasteiger partial charge in [0.1, 0.15) is 19.8 Å². The molecule has 0 aliphatic heterocycles. The summed E-state index contributed by atoms with van der Waals surface area (Å²) in [7, 11) is 1.15. The van der Waals surface area contributed by atoms with E-state index < -0.39 is 26.5 Å². The Morgan fingerprint density at radius 1 is 0.432 bits per heavy atom. The van der Waals surface area contributed by atoms with Crippen molar-refractivity contribution < 1.29 is 42.1 Å². The Kier molecular flexibility index (Phi) is 54.2. The largest absolute Gasteiger partial charge is 0.756 e. The Hall–Kier alpha value is -2.03. The molecule has 2 atom stereocenters. The van der Waals surface area contributed by atoms with Crippen molar-refractivity contribution in [2.45, 2.75) is 302 Å². The van der Waals surface area contributed by atoms with Crippen LogP contribution in [-0.2, 0) is 32.7 Å². The number of unbranched alkanes of at least 4 members (excludes halogenated alkanes) is 36. The maximum absolute atomic E-state index is 12.8. The number of hydrogen-bond donors (Lipinski definition) is 0. The van der Waals surface area contributed by atoms with E-state index in [1.165, 1.54) is 193 Å². The van der Waals surface area contributed by atoms with Gasteiger partial charge in [0.25, 0.3) is 7.82 Å². The highest BCUT2D eigenvalue weighted by Gasteiger charge is 2.22. The fourth-order valence-corrected chi connectivity index (χ4v) is 9.79. The summed E-state index contributed by atoms with van der Waals surface area (Å²) in [6, 6.07) is 0. The van der Waals surface area contributed by atoms with Crippen molar-refractivity contribution in [3.05, 3.63) is 48.6 Å². The molecule has 10 heteroatoms. The first-order valence-corrected chi connectivity index (χ1v) is 32.8. The van der Waals surface area contributed by atoms with Gasteiger partial charge in [0.2, 0.25) is 0 Å². The summed E-state index contributed by atoms with van der Waals surface area (Å²) in [6.07, 6.45) is 70.5. The average molecular weight is 1060 g/mol. The molecule has 0 saturated carbocycles. The number of esters is 2. The number of hydrogen-bond acceptors (Lipinski definition) is 8. The summed E-state index contributed by atoms with van der Waals surface area (Å²) in [4.78, 5) is 37.9. The van der Waals surface area contributed by atoms with Crippen LogP contribution in [0.25, 0.3) is 0 Å². The summed E-state index contributed by atoms with van der Waals surface area (Å²) in [6.45, 7) is 4.13. The van der Waals surface area contributed by atoms with Crippen molar-refractivity contribution in [3.8, 4) is 0 Å². The van der Waals surface area contributed by atoms with Gasteiger partial charge >= 0.3 is 11.9 Å². The molecule has 0 heterocycles. The SMILES string of the molecule is CC/C=C\C/C=C\C/C=C\C/C=C\CCCCCCC(=O)OC(COC(=O)CCCCCCCCCCCCCCCCCCCCCCCCCCCCCCCCCCC)COP(=O)([O-])OCC[N+](C)(C)C. The molecule has 0 aliphatic rings. The normalized spacial score (nSPS) is 13.5. The Morgan fingerprint density at radius 3 is 1.15 bits per heavy atom. The lowest BCUT2D eigenvalue weighted by Gasteiger charge is -2.28. The first-order chi connectivity index (χ1) is 36.0. The molecule has 0 fully saturated rings. The Labute approximate surface area is 458 Å². The Bertz CT molecular complexity index is 1390. The fraction of sp³-hybridized carbons (Fsp3) is 0.844. The Morgan fingerprint density at radius 2 is 0.770 bits per heavy atom. The van der Waals surface area contributed by atoms with E-state index in [0.717, 1.165) is 70.6 Å². The second kappa shape index (κ2) is 55.7. The van der Waals surface area contributed by atoms with Gasteiger partial charge in [-0.25, -0.2) is 0 Å². The summed E-state index contributed by atoms with van der Waals surface area (Å²) in [5, 5.41) is 0. The standard InChI is InChI=1S/C64H120NO8P/c1-6-8-10-12-14-16-18-20-22-24-25-26-27-28-29-30-31-32-33-34-35-36-37-38-39-41-42-44-46-48-50-52-54-56-63(66)70-60-62(61-72-74(68,69)71-59-58-65(3,4)5)73-64(67)57-55-53-51-49-47-45-43-40-23-21-19-17-15-13-11-9-7-2/h9,11,15,17,21,23,43,45,62H,6-8,10,12-14,16,18-20,22,24-42,44,46-61H2,1-5H3/b11-9-,17-15-,23-21-,45-43-. The molecule has 0 amide bonds. The van der Waals surface area contributed by atoms with E-state index in [1.54, 1.807) is 0 Å². The highest BCUT2D eigenvalue weighted by molar-refractivity contribution is 7.45. The molecule has 0 aromatic heterocycles. The summed E-state index contributed by atoms with van der Waals surface area (Å²) >= 11 is 0. The molecular weight excluding hydrogens is 942 g/mol. The van der Waals surface area contributed by atoms with E-state index in [9.17, 15) is 19.0 Å². The number of rotatable bonds is 58. The molecular formula is C64H120NO8P. The summed E-state index contributed by atoms with van der Waals surface area (Å²) in [5.41, 5.74) is 0. The molecule has 9 nitrogen and oxygen atoms in total. The Balaban J connectivity index is 3.99. The smallest absolute Gasteiger partial charge is 0.306 e. The van der Waals surface area contributed by atoms with E-state index >= 15 is 0 Å². The third-order valence-electron chi connectivity index (χ3n) is 13.9. The minimum atomic E-state index is -4.64. The van der Waals surface area contributed by atoms with Gasteiger partial charge in [0.15, 0.2) is 6.10 Å². The van der Waals surface area contributed by atoms with Gasteiger partial charge in [0, 0.05) is 12.8 Å². The van der Waals surface area contributed by atoms with E-state index in [0.29, 0.717) is 17.4 Å². The maximum atomic E-state index is 12.8. The molecule has 0 radical (unpaired) electrons. The quantitative estimate of drug-likeness (QED) is 0.0195. The molecule has 434 valence electrons. The number of phosphoric acid groups is 1. The maximum Gasteiger partial charge on any atom is 0.306 e. The van der Waals surface area contributed by atoms with Crippen LogP contribution < -0.4 is 4.89 Å². The minimum absolute atomic E-state index is 0.0360. The van der Waals surface area contributed by atoms with Crippen molar-refractivity contribution in [1.82, 2.24) is 0 Å². The highest BCUT2D eigenvalue weighted by atomic mass is 31.2. The van der Waals surface area contributed by atoms with Crippen molar-refractivity contribution in [2.24, 2.45) is 0 Å². The van der Waals surface area contributed by atoms with E-state index in [1.807, 2.05) is 21.1 Å². The molecule has 0 bridgehead atoms. The van der Waals surface area contributed by atoms with Crippen LogP contribution >= 0.6 is 7.82 Å². The molecule has 74 heavy (non-hydrogen) atoms. The third-order valence-corrected chi connectivity index (χ3v) is 14.8. The first-order valence-electron chi connectivity index (χ1n) is 31.3. The second-order valence-corrected chi connectivity index (χ2v) is 23.8. The lowest BCUT2D eigenvalue weighted by Crippen LogP contribution is -2.37. The third kappa shape index (κ3) is 59.2. The van der Waals surface area contributed by atoms with Crippen LogP contribution in [0.2, 0.25) is 0 Å². The molecule has 0 N–H and O–H groups in total. The molecule has 0 aromatic carbocycles. The van der Waals surface area contributed by atoms with Gasteiger partial charge in [-0.05, 0) is 51.4 Å². The highest BCUT2D eigenvalue weighted by Crippen LogP contribution is 2.38. The van der Waals surface area contributed by atoms with Gasteiger partial charge in [-0.15, -0.1) is 0 Å². The van der Waals surface area contributed by atoms with E-state index in [-0.39, 0.29) is 32.0 Å². The second-order valence-electron chi connectivity index (χ2n) is 22.4. The van der Waals surface area contributed by atoms with Crippen LogP contribution in [0.5, 0.6) is 0 Å². The predicted molar refractivity (Wildman–Crippen MR) is 314 cm³/mol. The lowest BCUT2D eigenvalue weighted by molar-refractivity contribution is -0.870. The van der Waals surface area contributed by atoms with Gasteiger partial charge in [-0.2, -0.15) is 0 Å². The van der Waals surface area contributed by atoms with Crippen molar-refractivity contribution in [2.75, 3.05) is 47.5 Å². The fourth-order valence-electron chi connectivity index (χ4n) is 9.06. The summed E-state index contributed by atoms with van der Waals surface area (Å²) in [5.74, 6) is -0.851. The number of phosphoric ester groups is 1. The number of allylic oxidation sites excluding steroid dienone is 8. The van der Waals surface area contributed by atoms with Gasteiger partial charge < -0.3 is 27.9 Å². The van der Waals surface area contributed by atoms with Crippen LogP contribution in [0, 0.1) is 0 Å². The number of carbonyl (C=O) groups is 2. The van der Waals surface area contributed by atoms with E-state index in [2.05, 4.69) is 62.5 Å². The molecule has 0 rings (SSSR count). The zero-order chi connectivity index (χ0) is 54.2. The van der Waals surface area contributed by atoms with Crippen LogP contribution in [0.4, 0.5) is 0 Å². The summed E-state index contributed by atoms with van der Waals surface area (Å²) < 4.78 is 34.1. The van der Waals surface area contributed by atoms with Crippen LogP contribution in [0.1, 0.15) is 296 Å². The molecule has 0 saturated heterocycles. The number of nitrogens with zero attached hydrogens (tertiary/aromatic N) is 1. The number of quaternary nitrogens is 1. The number of likely N-dealkylation sites (N-methyl/N-ethyl adjacent to an activating group) is 1. The van der Waals surface area contributed by atoms with Gasteiger partial charge in [-0.1, -0.05) is 281 Å². The number of ether oxygens (including phenoxy) is 2. The predicted octanol–water partition coefficient (Wildman–Crippen LogP) is 19.1. The molecule has 0 aromatic rings. The van der Waals surface area contributed by atoms with Crippen molar-refractivity contribution in [1.29, 1.82) is 0 Å².